The van der Waals surface area contributed by atoms with Gasteiger partial charge in [-0.25, -0.2) is 8.42 Å². The van der Waals surface area contributed by atoms with Crippen molar-refractivity contribution in [2.75, 3.05) is 13.1 Å². The van der Waals surface area contributed by atoms with Crippen LogP contribution in [0.1, 0.15) is 13.8 Å². The van der Waals surface area contributed by atoms with E-state index in [1.807, 2.05) is 0 Å². The maximum Gasteiger partial charge on any atom is 0.244 e. The van der Waals surface area contributed by atoms with Crippen LogP contribution in [0.15, 0.2) is 34.2 Å². The second kappa shape index (κ2) is 6.45. The summed E-state index contributed by atoms with van der Waals surface area (Å²) in [4.78, 5) is -0.113. The summed E-state index contributed by atoms with van der Waals surface area (Å²) in [5.74, 6) is 0. The number of nitrogens with zero attached hydrogens (tertiary/aromatic N) is 1. The summed E-state index contributed by atoms with van der Waals surface area (Å²) in [6.45, 7) is 11.0. The van der Waals surface area contributed by atoms with Gasteiger partial charge in [-0.2, -0.15) is 4.31 Å². The van der Waals surface area contributed by atoms with Crippen LogP contribution in [0.5, 0.6) is 0 Å². The average molecular weight is 284 g/mol. The van der Waals surface area contributed by atoms with Crippen LogP contribution in [0.4, 0.5) is 0 Å². The van der Waals surface area contributed by atoms with Crippen molar-refractivity contribution in [3.63, 3.8) is 0 Å². The largest absolute Gasteiger partial charge is 0.244 e. The fraction of sp³-hybridized carbons (Fsp3) is 0.400. The third-order valence-corrected chi connectivity index (χ3v) is 4.42. The summed E-state index contributed by atoms with van der Waals surface area (Å²) in [5.41, 5.74) is 0. The quantitative estimate of drug-likeness (QED) is 0.703. The van der Waals surface area contributed by atoms with Gasteiger partial charge >= 0.3 is 0 Å². The van der Waals surface area contributed by atoms with Crippen LogP contribution in [0.2, 0.25) is 0 Å². The van der Waals surface area contributed by atoms with Crippen molar-refractivity contribution in [1.29, 1.82) is 0 Å². The summed E-state index contributed by atoms with van der Waals surface area (Å²) in [5, 5.41) is 0.0150. The van der Waals surface area contributed by atoms with E-state index in [-0.39, 0.29) is 15.0 Å². The maximum atomic E-state index is 12.1. The van der Waals surface area contributed by atoms with E-state index in [2.05, 4.69) is 13.2 Å². The zero-order valence-corrected chi connectivity index (χ0v) is 11.7. The number of hydrogen-bond donors (Lipinski definition) is 0. The average Bonchev–Trinajstić information content (AvgIpc) is 2.14. The standard InChI is InChI=1S/C10H15Cl2NO2S/c1-5-13(6-2)16(14,15)10(9(4)12)7-8(3)11/h7H,3-6H2,1-2H3/b10-7+. The molecular formula is C10H15Cl2NO2S. The molecule has 0 aliphatic carbocycles. The van der Waals surface area contributed by atoms with E-state index in [9.17, 15) is 8.42 Å². The Morgan fingerprint density at radius 2 is 1.69 bits per heavy atom. The van der Waals surface area contributed by atoms with Crippen LogP contribution in [-0.2, 0) is 10.0 Å². The summed E-state index contributed by atoms with van der Waals surface area (Å²) < 4.78 is 25.4. The molecule has 0 N–H and O–H groups in total. The molecule has 0 spiro atoms. The number of halogens is 2. The van der Waals surface area contributed by atoms with E-state index in [0.717, 1.165) is 0 Å². The first-order chi connectivity index (χ1) is 7.27. The first kappa shape index (κ1) is 15.7. The predicted octanol–water partition coefficient (Wildman–Crippen LogP) is 3.05. The van der Waals surface area contributed by atoms with E-state index in [1.54, 1.807) is 13.8 Å². The Hall–Kier alpha value is -0.290. The number of sulfonamides is 1. The molecule has 0 heterocycles. The second-order valence-corrected chi connectivity index (χ2v) is 5.80. The van der Waals surface area contributed by atoms with Gasteiger partial charge in [-0.3, -0.25) is 0 Å². The first-order valence-corrected chi connectivity index (χ1v) is 6.88. The topological polar surface area (TPSA) is 37.4 Å². The highest BCUT2D eigenvalue weighted by Gasteiger charge is 2.25. The molecule has 0 unspecified atom stereocenters. The monoisotopic (exact) mass is 283 g/mol. The molecule has 0 saturated heterocycles. The molecule has 0 radical (unpaired) electrons. The van der Waals surface area contributed by atoms with Crippen LogP contribution in [0, 0.1) is 0 Å². The minimum atomic E-state index is -3.64. The summed E-state index contributed by atoms with van der Waals surface area (Å²) in [7, 11) is -3.64. The molecule has 0 aromatic rings. The Morgan fingerprint density at radius 1 is 1.25 bits per heavy atom. The Morgan fingerprint density at radius 3 is 1.94 bits per heavy atom. The highest BCUT2D eigenvalue weighted by Crippen LogP contribution is 2.24. The highest BCUT2D eigenvalue weighted by molar-refractivity contribution is 7.93. The second-order valence-electron chi connectivity index (χ2n) is 2.95. The molecule has 3 nitrogen and oxygen atoms in total. The third-order valence-electron chi connectivity index (χ3n) is 1.88. The SMILES string of the molecule is C=C(Cl)/C=C(\C(=C)Cl)S(=O)(=O)N(CC)CC. The van der Waals surface area contributed by atoms with E-state index in [0.29, 0.717) is 13.1 Å². The molecule has 16 heavy (non-hydrogen) atoms. The fourth-order valence-corrected chi connectivity index (χ4v) is 3.19. The van der Waals surface area contributed by atoms with Crippen molar-refractivity contribution >= 4 is 33.2 Å². The van der Waals surface area contributed by atoms with Crippen molar-refractivity contribution in [3.8, 4) is 0 Å². The van der Waals surface area contributed by atoms with Gasteiger partial charge < -0.3 is 0 Å². The van der Waals surface area contributed by atoms with Crippen LogP contribution in [-0.4, -0.2) is 25.8 Å². The van der Waals surface area contributed by atoms with Crippen molar-refractivity contribution in [2.24, 2.45) is 0 Å². The van der Waals surface area contributed by atoms with E-state index in [4.69, 9.17) is 23.2 Å². The van der Waals surface area contributed by atoms with Gasteiger partial charge in [-0.15, -0.1) is 0 Å². The van der Waals surface area contributed by atoms with Gasteiger partial charge in [0.1, 0.15) is 4.91 Å². The van der Waals surface area contributed by atoms with Crippen molar-refractivity contribution in [2.45, 2.75) is 13.8 Å². The molecule has 0 saturated carbocycles. The summed E-state index contributed by atoms with van der Waals surface area (Å²) >= 11 is 11.2. The number of hydrogen-bond acceptors (Lipinski definition) is 2. The minimum absolute atomic E-state index is 0.0753. The summed E-state index contributed by atoms with van der Waals surface area (Å²) in [6, 6.07) is 0. The predicted molar refractivity (Wildman–Crippen MR) is 69.9 cm³/mol. The smallest absolute Gasteiger partial charge is 0.207 e. The lowest BCUT2D eigenvalue weighted by Crippen LogP contribution is -2.31. The summed E-state index contributed by atoms with van der Waals surface area (Å²) in [6.07, 6.45) is 1.20. The van der Waals surface area contributed by atoms with Crippen LogP contribution in [0.25, 0.3) is 0 Å². The van der Waals surface area contributed by atoms with Gasteiger partial charge in [0.15, 0.2) is 0 Å². The molecule has 0 aliphatic heterocycles. The Bertz CT molecular complexity index is 409. The zero-order chi connectivity index (χ0) is 12.9. The Balaban J connectivity index is 5.55. The molecule has 0 bridgehead atoms. The van der Waals surface area contributed by atoms with Gasteiger partial charge in [0.25, 0.3) is 0 Å². The minimum Gasteiger partial charge on any atom is -0.207 e. The lowest BCUT2D eigenvalue weighted by molar-refractivity contribution is 0.451. The molecule has 6 heteroatoms. The molecule has 0 aromatic carbocycles. The molecule has 0 fully saturated rings. The Labute approximate surface area is 107 Å². The number of allylic oxidation sites excluding steroid dienone is 3. The van der Waals surface area contributed by atoms with E-state index in [1.165, 1.54) is 10.4 Å². The van der Waals surface area contributed by atoms with Crippen molar-refractivity contribution in [3.05, 3.63) is 34.2 Å². The third kappa shape index (κ3) is 3.94. The molecule has 0 aliphatic rings. The zero-order valence-electron chi connectivity index (χ0n) is 9.33. The van der Waals surface area contributed by atoms with Gasteiger partial charge in [0, 0.05) is 18.1 Å². The first-order valence-electron chi connectivity index (χ1n) is 4.68. The highest BCUT2D eigenvalue weighted by atomic mass is 35.5. The van der Waals surface area contributed by atoms with Gasteiger partial charge in [0.2, 0.25) is 10.0 Å². The molecule has 0 amide bonds. The van der Waals surface area contributed by atoms with Crippen molar-refractivity contribution in [1.82, 2.24) is 4.31 Å². The fourth-order valence-electron chi connectivity index (χ4n) is 1.14. The van der Waals surface area contributed by atoms with Crippen molar-refractivity contribution < 1.29 is 8.42 Å². The molecule has 92 valence electrons. The van der Waals surface area contributed by atoms with E-state index >= 15 is 0 Å². The molecular weight excluding hydrogens is 269 g/mol. The van der Waals surface area contributed by atoms with Crippen LogP contribution < -0.4 is 0 Å². The normalized spacial score (nSPS) is 12.9. The lowest BCUT2D eigenvalue weighted by Gasteiger charge is -2.19. The van der Waals surface area contributed by atoms with Crippen LogP contribution in [0.3, 0.4) is 0 Å². The van der Waals surface area contributed by atoms with Gasteiger partial charge in [-0.05, 0) is 6.08 Å². The van der Waals surface area contributed by atoms with Crippen LogP contribution >= 0.6 is 23.2 Å². The molecule has 0 aromatic heterocycles. The molecule has 0 rings (SSSR count). The maximum absolute atomic E-state index is 12.1. The molecule has 0 atom stereocenters. The number of rotatable bonds is 6. The van der Waals surface area contributed by atoms with Gasteiger partial charge in [0.05, 0.1) is 5.03 Å². The van der Waals surface area contributed by atoms with Gasteiger partial charge in [-0.1, -0.05) is 50.2 Å². The Kier molecular flexibility index (Phi) is 6.33. The van der Waals surface area contributed by atoms with E-state index < -0.39 is 10.0 Å². The lowest BCUT2D eigenvalue weighted by atomic mass is 10.4.